The van der Waals surface area contributed by atoms with Crippen molar-refractivity contribution in [2.24, 2.45) is 5.73 Å². The molecule has 1 aliphatic heterocycles. The Morgan fingerprint density at radius 3 is 2.88 bits per heavy atom. The van der Waals surface area contributed by atoms with Gasteiger partial charge in [0.25, 0.3) is 0 Å². The quantitative estimate of drug-likeness (QED) is 0.902. The van der Waals surface area contributed by atoms with Crippen LogP contribution in [-0.4, -0.2) is 26.9 Å². The van der Waals surface area contributed by atoms with Crippen LogP contribution in [0.4, 0.5) is 0 Å². The highest BCUT2D eigenvalue weighted by Gasteiger charge is 2.18. The van der Waals surface area contributed by atoms with E-state index in [9.17, 15) is 0 Å². The van der Waals surface area contributed by atoms with E-state index in [4.69, 9.17) is 31.5 Å². The van der Waals surface area contributed by atoms with E-state index >= 15 is 0 Å². The molecule has 0 fully saturated rings. The second-order valence-corrected chi connectivity index (χ2v) is 4.25. The lowest BCUT2D eigenvalue weighted by atomic mass is 10.1. The summed E-state index contributed by atoms with van der Waals surface area (Å²) in [6.07, 6.45) is 0.676. The lowest BCUT2D eigenvalue weighted by molar-refractivity contribution is 0.110. The van der Waals surface area contributed by atoms with Crippen molar-refractivity contribution in [3.05, 3.63) is 22.7 Å². The Kier molecular flexibility index (Phi) is 4.10. The second kappa shape index (κ2) is 5.58. The number of ether oxygens (including phenoxy) is 3. The molecule has 0 saturated carbocycles. The molecule has 0 spiro atoms. The van der Waals surface area contributed by atoms with Crippen LogP contribution in [0.2, 0.25) is 5.02 Å². The first-order chi connectivity index (χ1) is 8.26. The number of hydrogen-bond donors (Lipinski definition) is 1. The zero-order valence-electron chi connectivity index (χ0n) is 9.74. The van der Waals surface area contributed by atoms with Crippen LogP contribution in [0.5, 0.6) is 11.5 Å². The first-order valence-corrected chi connectivity index (χ1v) is 5.96. The van der Waals surface area contributed by atoms with Crippen LogP contribution >= 0.6 is 11.6 Å². The van der Waals surface area contributed by atoms with Gasteiger partial charge >= 0.3 is 0 Å². The number of halogens is 1. The molecule has 1 atom stereocenters. The van der Waals surface area contributed by atoms with Crippen molar-refractivity contribution in [3.8, 4) is 11.5 Å². The topological polar surface area (TPSA) is 53.7 Å². The van der Waals surface area contributed by atoms with Gasteiger partial charge in [0.15, 0.2) is 11.5 Å². The van der Waals surface area contributed by atoms with Gasteiger partial charge in [0.2, 0.25) is 0 Å². The molecule has 17 heavy (non-hydrogen) atoms. The maximum absolute atomic E-state index is 6.18. The molecule has 1 heterocycles. The lowest BCUT2D eigenvalue weighted by Crippen LogP contribution is -2.14. The lowest BCUT2D eigenvalue weighted by Gasteiger charge is -2.16. The zero-order valence-corrected chi connectivity index (χ0v) is 10.5. The molecule has 1 unspecified atom stereocenters. The molecule has 4 nitrogen and oxygen atoms in total. The Bertz CT molecular complexity index is 394. The molecule has 2 rings (SSSR count). The van der Waals surface area contributed by atoms with Crippen LogP contribution in [0, 0.1) is 0 Å². The highest BCUT2D eigenvalue weighted by atomic mass is 35.5. The third-order valence-electron chi connectivity index (χ3n) is 2.69. The Hall–Kier alpha value is -0.970. The molecule has 94 valence electrons. The van der Waals surface area contributed by atoms with Gasteiger partial charge in [0.1, 0.15) is 0 Å². The highest BCUT2D eigenvalue weighted by Crippen LogP contribution is 2.39. The number of nitrogens with two attached hydrogens (primary N) is 1. The molecular weight excluding hydrogens is 242 g/mol. The van der Waals surface area contributed by atoms with Crippen LogP contribution in [0.15, 0.2) is 12.1 Å². The third-order valence-corrected chi connectivity index (χ3v) is 2.98. The molecule has 0 aliphatic carbocycles. The summed E-state index contributed by atoms with van der Waals surface area (Å²) < 4.78 is 16.4. The predicted octanol–water partition coefficient (Wildman–Crippen LogP) is 2.15. The Morgan fingerprint density at radius 1 is 1.41 bits per heavy atom. The van der Waals surface area contributed by atoms with E-state index in [0.717, 1.165) is 12.0 Å². The zero-order chi connectivity index (χ0) is 12.3. The number of rotatable bonds is 3. The van der Waals surface area contributed by atoms with Crippen LogP contribution in [0.1, 0.15) is 18.1 Å². The fourth-order valence-corrected chi connectivity index (χ4v) is 2.08. The molecule has 1 aromatic rings. The van der Waals surface area contributed by atoms with Gasteiger partial charge < -0.3 is 19.9 Å². The van der Waals surface area contributed by atoms with E-state index in [-0.39, 0.29) is 6.10 Å². The molecule has 0 saturated heterocycles. The van der Waals surface area contributed by atoms with Crippen molar-refractivity contribution < 1.29 is 14.2 Å². The minimum absolute atomic E-state index is 0.176. The summed E-state index contributed by atoms with van der Waals surface area (Å²) in [5, 5.41) is 0.537. The van der Waals surface area contributed by atoms with Crippen molar-refractivity contribution in [2.75, 3.05) is 26.9 Å². The fourth-order valence-electron chi connectivity index (χ4n) is 1.81. The normalized spacial score (nSPS) is 16.4. The molecule has 0 bridgehead atoms. The summed E-state index contributed by atoms with van der Waals surface area (Å²) in [4.78, 5) is 0. The molecular formula is C12H16ClNO3. The van der Waals surface area contributed by atoms with Crippen LogP contribution in [0.3, 0.4) is 0 Å². The Morgan fingerprint density at radius 2 is 2.18 bits per heavy atom. The van der Waals surface area contributed by atoms with Crippen LogP contribution < -0.4 is 15.2 Å². The molecule has 5 heteroatoms. The summed E-state index contributed by atoms with van der Waals surface area (Å²) >= 11 is 6.18. The molecule has 1 aromatic carbocycles. The molecule has 2 N–H and O–H groups in total. The Labute approximate surface area is 106 Å². The summed E-state index contributed by atoms with van der Waals surface area (Å²) in [5.41, 5.74) is 6.54. The summed E-state index contributed by atoms with van der Waals surface area (Å²) in [6, 6.07) is 3.70. The monoisotopic (exact) mass is 257 g/mol. The van der Waals surface area contributed by atoms with Gasteiger partial charge in [-0.05, 0) is 17.7 Å². The maximum atomic E-state index is 6.18. The van der Waals surface area contributed by atoms with Crippen molar-refractivity contribution in [1.82, 2.24) is 0 Å². The van der Waals surface area contributed by atoms with Crippen LogP contribution in [-0.2, 0) is 4.74 Å². The smallest absolute Gasteiger partial charge is 0.179 e. The highest BCUT2D eigenvalue weighted by molar-refractivity contribution is 6.32. The summed E-state index contributed by atoms with van der Waals surface area (Å²) in [5.74, 6) is 1.28. The SMILES string of the molecule is COC(CN)c1cc(Cl)c2c(c1)OCCCO2. The van der Waals surface area contributed by atoms with Crippen molar-refractivity contribution in [3.63, 3.8) is 0 Å². The first kappa shape index (κ1) is 12.5. The minimum Gasteiger partial charge on any atom is -0.489 e. The van der Waals surface area contributed by atoms with Crippen molar-refractivity contribution >= 4 is 11.6 Å². The van der Waals surface area contributed by atoms with E-state index < -0.39 is 0 Å². The van der Waals surface area contributed by atoms with E-state index in [1.165, 1.54) is 0 Å². The van der Waals surface area contributed by atoms with Gasteiger partial charge in [-0.1, -0.05) is 11.6 Å². The van der Waals surface area contributed by atoms with Gasteiger partial charge in [0, 0.05) is 20.1 Å². The number of fused-ring (bicyclic) bond motifs is 1. The van der Waals surface area contributed by atoms with E-state index in [1.54, 1.807) is 7.11 Å². The molecule has 1 aliphatic rings. The van der Waals surface area contributed by atoms with Gasteiger partial charge in [-0.3, -0.25) is 0 Å². The van der Waals surface area contributed by atoms with Gasteiger partial charge in [-0.2, -0.15) is 0 Å². The van der Waals surface area contributed by atoms with Gasteiger partial charge in [-0.25, -0.2) is 0 Å². The maximum Gasteiger partial charge on any atom is 0.179 e. The summed E-state index contributed by atoms with van der Waals surface area (Å²) in [7, 11) is 1.62. The minimum atomic E-state index is -0.176. The number of hydrogen-bond acceptors (Lipinski definition) is 4. The van der Waals surface area contributed by atoms with Crippen molar-refractivity contribution in [2.45, 2.75) is 12.5 Å². The average Bonchev–Trinajstić information content (AvgIpc) is 2.56. The first-order valence-electron chi connectivity index (χ1n) is 5.58. The van der Waals surface area contributed by atoms with Gasteiger partial charge in [0.05, 0.1) is 24.3 Å². The fraction of sp³-hybridized carbons (Fsp3) is 0.500. The predicted molar refractivity (Wildman–Crippen MR) is 65.9 cm³/mol. The van der Waals surface area contributed by atoms with Crippen molar-refractivity contribution in [1.29, 1.82) is 0 Å². The number of benzene rings is 1. The molecule has 0 amide bonds. The second-order valence-electron chi connectivity index (χ2n) is 3.84. The van der Waals surface area contributed by atoms with Gasteiger partial charge in [-0.15, -0.1) is 0 Å². The van der Waals surface area contributed by atoms with E-state index in [2.05, 4.69) is 0 Å². The Balaban J connectivity index is 2.38. The van der Waals surface area contributed by atoms with E-state index in [0.29, 0.717) is 36.3 Å². The molecule has 0 radical (unpaired) electrons. The number of methoxy groups -OCH3 is 1. The molecule has 0 aromatic heterocycles. The average molecular weight is 258 g/mol. The summed E-state index contributed by atoms with van der Waals surface area (Å²) in [6.45, 7) is 1.65. The van der Waals surface area contributed by atoms with E-state index in [1.807, 2.05) is 12.1 Å². The standard InChI is InChI=1S/C12H16ClNO3/c1-15-11(7-14)8-5-9(13)12-10(6-8)16-3-2-4-17-12/h5-6,11H,2-4,7,14H2,1H3. The van der Waals surface area contributed by atoms with Crippen LogP contribution in [0.25, 0.3) is 0 Å². The third kappa shape index (κ3) is 2.65. The largest absolute Gasteiger partial charge is 0.489 e.